The van der Waals surface area contributed by atoms with E-state index in [-0.39, 0.29) is 11.1 Å². The highest BCUT2D eigenvalue weighted by Gasteiger charge is 2.68. The Hall–Kier alpha value is -3.28. The first-order valence-electron chi connectivity index (χ1n) is 10.1. The smallest absolute Gasteiger partial charge is 0.255 e. The van der Waals surface area contributed by atoms with Crippen molar-refractivity contribution in [2.24, 2.45) is 17.6 Å². The number of hydrogen-bond acceptors (Lipinski definition) is 9. The number of nitrogens with zero attached hydrogens (tertiary/aromatic N) is 1. The van der Waals surface area contributed by atoms with Crippen LogP contribution in [0.1, 0.15) is 24.0 Å². The number of halogens is 1. The van der Waals surface area contributed by atoms with E-state index in [0.717, 1.165) is 6.07 Å². The lowest BCUT2D eigenvalue weighted by Gasteiger charge is -2.53. The van der Waals surface area contributed by atoms with Crippen LogP contribution in [0.25, 0.3) is 5.76 Å². The van der Waals surface area contributed by atoms with Crippen LogP contribution in [0.5, 0.6) is 5.75 Å². The average Bonchev–Trinajstić information content (AvgIpc) is 2.72. The molecule has 3 aliphatic carbocycles. The van der Waals surface area contributed by atoms with Gasteiger partial charge in [-0.2, -0.15) is 0 Å². The van der Waals surface area contributed by atoms with Crippen molar-refractivity contribution < 1.29 is 44.3 Å². The standard InChI is InChI=1S/C22H23FN2O8/c1-6-7-4-5-8(23)15(26)10(7)16(27)11-9(6)17(28)13-14(25(2)3)18(29)12(21(24)32)20(31)22(13,33)19(11)30/h4-6,9,13-14,17,26-28,31,33H,1-3H3,(H2,24,32)/t6-,9-,13+,14-,17-,22+/m1/s1. The number of hydrogen-bond donors (Lipinski definition) is 6. The molecule has 0 heterocycles. The molecule has 1 fully saturated rings. The van der Waals surface area contributed by atoms with Crippen LogP contribution >= 0.6 is 0 Å². The van der Waals surface area contributed by atoms with Gasteiger partial charge in [0.2, 0.25) is 5.78 Å². The summed E-state index contributed by atoms with van der Waals surface area (Å²) in [6.45, 7) is 1.56. The van der Waals surface area contributed by atoms with Gasteiger partial charge in [0, 0.05) is 11.5 Å². The molecule has 0 spiro atoms. The summed E-state index contributed by atoms with van der Waals surface area (Å²) in [7, 11) is 2.84. The van der Waals surface area contributed by atoms with Crippen LogP contribution in [0.15, 0.2) is 29.0 Å². The van der Waals surface area contributed by atoms with E-state index in [1.54, 1.807) is 6.92 Å². The van der Waals surface area contributed by atoms with Gasteiger partial charge in [-0.3, -0.25) is 19.3 Å². The quantitative estimate of drug-likeness (QED) is 0.320. The van der Waals surface area contributed by atoms with E-state index < -0.39 is 87.2 Å². The summed E-state index contributed by atoms with van der Waals surface area (Å²) < 4.78 is 14.0. The Balaban J connectivity index is 2.07. The first-order chi connectivity index (χ1) is 15.3. The number of likely N-dealkylation sites (N-methyl/N-ethyl adjacent to an activating group) is 1. The molecule has 1 saturated carbocycles. The molecule has 0 radical (unpaired) electrons. The summed E-state index contributed by atoms with van der Waals surface area (Å²) in [5.41, 5.74) is 0.532. The fourth-order valence-corrected chi connectivity index (χ4v) is 5.59. The minimum Gasteiger partial charge on any atom is -0.508 e. The summed E-state index contributed by atoms with van der Waals surface area (Å²) in [5.74, 6) is -11.5. The molecule has 176 valence electrons. The van der Waals surface area contributed by atoms with E-state index >= 15 is 0 Å². The zero-order valence-electron chi connectivity index (χ0n) is 17.9. The Kier molecular flexibility index (Phi) is 4.93. The molecule has 0 saturated heterocycles. The molecule has 1 amide bonds. The van der Waals surface area contributed by atoms with Crippen molar-refractivity contribution in [3.05, 3.63) is 46.0 Å². The third kappa shape index (κ3) is 2.66. The lowest BCUT2D eigenvalue weighted by Crippen LogP contribution is -2.70. The van der Waals surface area contributed by atoms with E-state index in [4.69, 9.17) is 5.73 Å². The van der Waals surface area contributed by atoms with Gasteiger partial charge in [0.15, 0.2) is 23.0 Å². The molecule has 7 N–H and O–H groups in total. The minimum atomic E-state index is -2.99. The number of carbonyl (C=O) groups excluding carboxylic acids is 3. The number of ketones is 2. The molecule has 0 aliphatic heterocycles. The third-order valence-electron chi connectivity index (χ3n) is 7.08. The number of rotatable bonds is 2. The Morgan fingerprint density at radius 1 is 1.18 bits per heavy atom. The summed E-state index contributed by atoms with van der Waals surface area (Å²) in [6, 6.07) is 0.834. The van der Waals surface area contributed by atoms with E-state index in [1.165, 1.54) is 25.1 Å². The van der Waals surface area contributed by atoms with Crippen LogP contribution in [-0.2, 0) is 14.4 Å². The number of amides is 1. The van der Waals surface area contributed by atoms with Gasteiger partial charge < -0.3 is 31.3 Å². The van der Waals surface area contributed by atoms with Crippen molar-refractivity contribution in [1.82, 2.24) is 4.90 Å². The number of phenols is 1. The zero-order chi connectivity index (χ0) is 24.7. The number of phenolic OH excluding ortho intramolecular Hbond substituents is 1. The number of aromatic hydroxyl groups is 1. The first kappa shape index (κ1) is 22.9. The number of aliphatic hydroxyl groups is 4. The molecule has 0 unspecified atom stereocenters. The Labute approximate surface area is 187 Å². The summed E-state index contributed by atoms with van der Waals surface area (Å²) in [4.78, 5) is 39.9. The number of aliphatic hydroxyl groups excluding tert-OH is 3. The molecule has 10 nitrogen and oxygen atoms in total. The van der Waals surface area contributed by atoms with Gasteiger partial charge in [0.1, 0.15) is 17.1 Å². The topological polar surface area (TPSA) is 182 Å². The van der Waals surface area contributed by atoms with E-state index in [1.807, 2.05) is 0 Å². The van der Waals surface area contributed by atoms with Crippen molar-refractivity contribution in [3.63, 3.8) is 0 Å². The number of Topliss-reactive ketones (excluding diaryl/α,β-unsaturated/α-hetero) is 2. The van der Waals surface area contributed by atoms with E-state index in [0.29, 0.717) is 0 Å². The van der Waals surface area contributed by atoms with Crippen LogP contribution in [0, 0.1) is 17.7 Å². The van der Waals surface area contributed by atoms with Gasteiger partial charge in [0.05, 0.1) is 23.6 Å². The van der Waals surface area contributed by atoms with Crippen LogP contribution in [0.3, 0.4) is 0 Å². The minimum absolute atomic E-state index is 0.235. The second kappa shape index (κ2) is 7.11. The number of carbonyl (C=O) groups is 3. The molecule has 0 aromatic heterocycles. The second-order valence-corrected chi connectivity index (χ2v) is 8.91. The van der Waals surface area contributed by atoms with Gasteiger partial charge >= 0.3 is 0 Å². The molecule has 11 heteroatoms. The van der Waals surface area contributed by atoms with Crippen LogP contribution in [0.4, 0.5) is 4.39 Å². The highest BCUT2D eigenvalue weighted by atomic mass is 19.1. The van der Waals surface area contributed by atoms with Gasteiger partial charge in [-0.05, 0) is 31.6 Å². The monoisotopic (exact) mass is 462 g/mol. The van der Waals surface area contributed by atoms with Crippen molar-refractivity contribution in [3.8, 4) is 5.75 Å². The Morgan fingerprint density at radius 3 is 2.33 bits per heavy atom. The lowest BCUT2D eigenvalue weighted by molar-refractivity contribution is -0.169. The largest absolute Gasteiger partial charge is 0.508 e. The summed E-state index contributed by atoms with van der Waals surface area (Å²) in [5, 5.41) is 54.7. The van der Waals surface area contributed by atoms with Crippen LogP contribution < -0.4 is 5.73 Å². The maximum absolute atomic E-state index is 14.0. The molecule has 4 rings (SSSR count). The Morgan fingerprint density at radius 2 is 1.79 bits per heavy atom. The highest BCUT2D eigenvalue weighted by molar-refractivity contribution is 6.24. The molecule has 0 bridgehead atoms. The second-order valence-electron chi connectivity index (χ2n) is 8.91. The normalized spacial score (nSPS) is 33.7. The van der Waals surface area contributed by atoms with Crippen molar-refractivity contribution in [1.29, 1.82) is 0 Å². The fourth-order valence-electron chi connectivity index (χ4n) is 5.59. The summed E-state index contributed by atoms with van der Waals surface area (Å²) >= 11 is 0. The number of benzene rings is 1. The molecule has 6 atom stereocenters. The van der Waals surface area contributed by atoms with Crippen LogP contribution in [0.2, 0.25) is 0 Å². The van der Waals surface area contributed by atoms with Gasteiger partial charge in [-0.1, -0.05) is 13.0 Å². The maximum atomic E-state index is 14.0. The summed E-state index contributed by atoms with van der Waals surface area (Å²) in [6.07, 6.45) is -1.69. The number of nitrogens with two attached hydrogens (primary N) is 1. The number of primary amides is 1. The highest BCUT2D eigenvalue weighted by Crippen LogP contribution is 2.56. The van der Waals surface area contributed by atoms with Crippen molar-refractivity contribution in [2.45, 2.75) is 30.6 Å². The molecular weight excluding hydrogens is 439 g/mol. The predicted octanol–water partition coefficient (Wildman–Crippen LogP) is -0.365. The molecule has 1 aromatic rings. The zero-order valence-corrected chi connectivity index (χ0v) is 17.9. The van der Waals surface area contributed by atoms with Gasteiger partial charge in [-0.15, -0.1) is 0 Å². The van der Waals surface area contributed by atoms with Crippen molar-refractivity contribution >= 4 is 23.2 Å². The van der Waals surface area contributed by atoms with Gasteiger partial charge in [0.25, 0.3) is 5.91 Å². The first-order valence-corrected chi connectivity index (χ1v) is 10.1. The third-order valence-corrected chi connectivity index (χ3v) is 7.08. The van der Waals surface area contributed by atoms with Gasteiger partial charge in [-0.25, -0.2) is 4.39 Å². The molecule has 3 aliphatic rings. The average molecular weight is 462 g/mol. The lowest BCUT2D eigenvalue weighted by atomic mass is 9.54. The molecule has 1 aromatic carbocycles. The van der Waals surface area contributed by atoms with E-state index in [2.05, 4.69) is 0 Å². The SMILES string of the molecule is C[C@@H]1c2ccc(F)c(O)c2C(O)=C2C(=O)[C@]3(O)C(O)=C(C(N)=O)C(=O)[C@H](N(C)C)[C@H]3[C@H](O)[C@@H]21. The molecular formula is C22H23FN2O8. The number of fused-ring (bicyclic) bond motifs is 3. The predicted molar refractivity (Wildman–Crippen MR) is 110 cm³/mol. The Bertz CT molecular complexity index is 1190. The fraction of sp³-hybridized carbons (Fsp3) is 0.409. The van der Waals surface area contributed by atoms with Crippen LogP contribution in [-0.4, -0.2) is 79.7 Å². The molecule has 33 heavy (non-hydrogen) atoms. The maximum Gasteiger partial charge on any atom is 0.255 e. The van der Waals surface area contributed by atoms with E-state index in [9.17, 15) is 44.3 Å². The van der Waals surface area contributed by atoms with Crippen molar-refractivity contribution in [2.75, 3.05) is 14.1 Å².